The second-order valence-corrected chi connectivity index (χ2v) is 10.8. The summed E-state index contributed by atoms with van der Waals surface area (Å²) in [5, 5.41) is 16.6. The predicted molar refractivity (Wildman–Crippen MR) is 103 cm³/mol. The highest BCUT2D eigenvalue weighted by Gasteiger charge is 2.60. The summed E-state index contributed by atoms with van der Waals surface area (Å²) in [5.41, 5.74) is 1.24. The number of sulfonamides is 1. The van der Waals surface area contributed by atoms with Crippen LogP contribution in [-0.4, -0.2) is 18.6 Å². The number of benzene rings is 1. The fourth-order valence-corrected chi connectivity index (χ4v) is 6.33. The molecule has 2 atom stereocenters. The van der Waals surface area contributed by atoms with Gasteiger partial charge < -0.3 is 0 Å². The van der Waals surface area contributed by atoms with Crippen molar-refractivity contribution in [3.05, 3.63) is 39.8 Å². The Labute approximate surface area is 159 Å². The van der Waals surface area contributed by atoms with Gasteiger partial charge >= 0.3 is 0 Å². The van der Waals surface area contributed by atoms with Gasteiger partial charge in [0.2, 0.25) is 10.0 Å². The molecule has 2 saturated carbocycles. The van der Waals surface area contributed by atoms with Crippen molar-refractivity contribution in [3.63, 3.8) is 0 Å². The Morgan fingerprint density at radius 3 is 2.23 bits per heavy atom. The van der Waals surface area contributed by atoms with Crippen LogP contribution in [0.3, 0.4) is 0 Å². The maximum Gasteiger partial charge on any atom is 0.238 e. The zero-order valence-corrected chi connectivity index (χ0v) is 16.8. The first-order valence-electron chi connectivity index (χ1n) is 9.24. The molecule has 1 aromatic carbocycles. The van der Waals surface area contributed by atoms with Crippen LogP contribution in [0.5, 0.6) is 0 Å². The molecular formula is C19H25N3O2S2. The van der Waals surface area contributed by atoms with Crippen LogP contribution in [0.15, 0.2) is 29.2 Å². The first kappa shape index (κ1) is 18.1. The van der Waals surface area contributed by atoms with E-state index in [4.69, 9.17) is 5.14 Å². The average molecular weight is 392 g/mol. The van der Waals surface area contributed by atoms with Crippen molar-refractivity contribution in [1.29, 1.82) is 0 Å². The van der Waals surface area contributed by atoms with E-state index in [1.54, 1.807) is 23.5 Å². The van der Waals surface area contributed by atoms with Gasteiger partial charge in [0, 0.05) is 11.8 Å². The number of primary sulfonamides is 1. The van der Waals surface area contributed by atoms with Crippen LogP contribution in [0.1, 0.15) is 79.3 Å². The summed E-state index contributed by atoms with van der Waals surface area (Å²) in [7, 11) is -3.65. The Bertz CT molecular complexity index is 897. The molecule has 2 aliphatic rings. The Morgan fingerprint density at radius 2 is 1.62 bits per heavy atom. The van der Waals surface area contributed by atoms with Crippen molar-refractivity contribution >= 4 is 21.4 Å². The fraction of sp³-hybridized carbons (Fsp3) is 0.579. The summed E-state index contributed by atoms with van der Waals surface area (Å²) >= 11 is 1.78. The molecule has 7 heteroatoms. The minimum absolute atomic E-state index is 0.104. The van der Waals surface area contributed by atoms with Crippen molar-refractivity contribution in [2.24, 2.45) is 10.6 Å². The van der Waals surface area contributed by atoms with Crippen molar-refractivity contribution in [2.75, 3.05) is 0 Å². The van der Waals surface area contributed by atoms with Crippen LogP contribution in [0, 0.1) is 5.41 Å². The van der Waals surface area contributed by atoms with E-state index < -0.39 is 10.0 Å². The highest BCUT2D eigenvalue weighted by Crippen LogP contribution is 2.70. The van der Waals surface area contributed by atoms with E-state index in [9.17, 15) is 8.42 Å². The van der Waals surface area contributed by atoms with Gasteiger partial charge in [0.25, 0.3) is 0 Å². The van der Waals surface area contributed by atoms with Gasteiger partial charge in [-0.1, -0.05) is 45.2 Å². The van der Waals surface area contributed by atoms with Gasteiger partial charge in [-0.05, 0) is 41.9 Å². The van der Waals surface area contributed by atoms with E-state index in [1.807, 2.05) is 12.1 Å². The second-order valence-electron chi connectivity index (χ2n) is 8.20. The number of aromatic nitrogens is 2. The molecule has 1 heterocycles. The first-order chi connectivity index (χ1) is 12.3. The molecule has 140 valence electrons. The monoisotopic (exact) mass is 391 g/mol. The van der Waals surface area contributed by atoms with E-state index in [2.05, 4.69) is 24.0 Å². The molecule has 0 spiro atoms. The molecule has 0 bridgehead atoms. The lowest BCUT2D eigenvalue weighted by Crippen LogP contribution is -2.11. The topological polar surface area (TPSA) is 85.9 Å². The smallest absolute Gasteiger partial charge is 0.225 e. The molecule has 0 amide bonds. The molecule has 5 nitrogen and oxygen atoms in total. The second kappa shape index (κ2) is 6.39. The normalized spacial score (nSPS) is 26.0. The number of rotatable bonds is 4. The lowest BCUT2D eigenvalue weighted by Gasteiger charge is -2.18. The van der Waals surface area contributed by atoms with Gasteiger partial charge in [-0.3, -0.25) is 0 Å². The Morgan fingerprint density at radius 1 is 1.00 bits per heavy atom. The molecule has 0 aliphatic heterocycles. The average Bonchev–Trinajstić information content (AvgIpc) is 2.95. The quantitative estimate of drug-likeness (QED) is 0.848. The molecule has 2 fully saturated rings. The third kappa shape index (κ3) is 3.21. The van der Waals surface area contributed by atoms with Crippen molar-refractivity contribution < 1.29 is 8.42 Å². The SMILES string of the molecule is CC1(C)[C@H](c2ccc(S(N)(=O)=O)cc2)[C@H]1c1nnc(C2CCCCC2)s1. The standard InChI is InChI=1S/C19H25N3O2S2/c1-19(2)15(12-8-10-14(11-9-12)26(20,23)24)16(19)18-22-21-17(25-18)13-6-4-3-5-7-13/h8-11,13,15-16H,3-7H2,1-2H3,(H2,20,23,24)/t15-,16+/m1/s1. The number of nitrogens with zero attached hydrogens (tertiary/aromatic N) is 2. The van der Waals surface area contributed by atoms with Crippen molar-refractivity contribution in [2.45, 2.75) is 68.6 Å². The number of hydrogen-bond acceptors (Lipinski definition) is 5. The number of nitrogens with two attached hydrogens (primary N) is 1. The maximum absolute atomic E-state index is 11.5. The molecule has 1 aromatic heterocycles. The van der Waals surface area contributed by atoms with Crippen LogP contribution in [-0.2, 0) is 10.0 Å². The lowest BCUT2D eigenvalue weighted by atomic mass is 9.90. The van der Waals surface area contributed by atoms with E-state index in [0.717, 1.165) is 10.6 Å². The van der Waals surface area contributed by atoms with Gasteiger partial charge in [-0.2, -0.15) is 0 Å². The molecule has 0 unspecified atom stereocenters. The molecule has 0 saturated heterocycles. The third-order valence-electron chi connectivity index (χ3n) is 6.07. The van der Waals surface area contributed by atoms with Crippen LogP contribution in [0.4, 0.5) is 0 Å². The van der Waals surface area contributed by atoms with Gasteiger partial charge in [0.15, 0.2) is 0 Å². The molecule has 0 radical (unpaired) electrons. The highest BCUT2D eigenvalue weighted by atomic mass is 32.2. The zero-order chi connectivity index (χ0) is 18.5. The van der Waals surface area contributed by atoms with Crippen LogP contribution in [0.2, 0.25) is 0 Å². The van der Waals surface area contributed by atoms with E-state index >= 15 is 0 Å². The maximum atomic E-state index is 11.5. The fourth-order valence-electron chi connectivity index (χ4n) is 4.47. The van der Waals surface area contributed by atoms with Crippen LogP contribution >= 0.6 is 11.3 Å². The van der Waals surface area contributed by atoms with Crippen LogP contribution in [0.25, 0.3) is 0 Å². The molecule has 26 heavy (non-hydrogen) atoms. The number of hydrogen-bond donors (Lipinski definition) is 1. The minimum atomic E-state index is -3.65. The van der Waals surface area contributed by atoms with Gasteiger partial charge in [-0.25, -0.2) is 13.6 Å². The predicted octanol–water partition coefficient (Wildman–Crippen LogP) is 4.14. The summed E-state index contributed by atoms with van der Waals surface area (Å²) < 4.78 is 22.9. The summed E-state index contributed by atoms with van der Waals surface area (Å²) in [5.74, 6) is 1.27. The van der Waals surface area contributed by atoms with E-state index in [-0.39, 0.29) is 10.3 Å². The molecule has 2 N–H and O–H groups in total. The zero-order valence-electron chi connectivity index (χ0n) is 15.2. The molecule has 2 aliphatic carbocycles. The Hall–Kier alpha value is -1.31. The third-order valence-corrected chi connectivity index (χ3v) is 8.17. The first-order valence-corrected chi connectivity index (χ1v) is 11.6. The van der Waals surface area contributed by atoms with E-state index in [0.29, 0.717) is 17.8 Å². The Balaban J connectivity index is 1.55. The minimum Gasteiger partial charge on any atom is -0.225 e. The van der Waals surface area contributed by atoms with Gasteiger partial charge in [0.1, 0.15) is 10.0 Å². The molecule has 2 aromatic rings. The molecular weight excluding hydrogens is 366 g/mol. The lowest BCUT2D eigenvalue weighted by molar-refractivity contribution is 0.440. The summed E-state index contributed by atoms with van der Waals surface area (Å²) in [6.07, 6.45) is 6.41. The van der Waals surface area contributed by atoms with E-state index in [1.165, 1.54) is 37.1 Å². The summed E-state index contributed by atoms with van der Waals surface area (Å²) in [4.78, 5) is 0.159. The molecule has 4 rings (SSSR count). The Kier molecular flexibility index (Phi) is 4.44. The highest BCUT2D eigenvalue weighted by molar-refractivity contribution is 7.89. The van der Waals surface area contributed by atoms with Crippen molar-refractivity contribution in [1.82, 2.24) is 10.2 Å². The summed E-state index contributed by atoms with van der Waals surface area (Å²) in [6.45, 7) is 4.50. The van der Waals surface area contributed by atoms with Gasteiger partial charge in [0.05, 0.1) is 4.90 Å². The van der Waals surface area contributed by atoms with Crippen LogP contribution < -0.4 is 5.14 Å². The van der Waals surface area contributed by atoms with Crippen molar-refractivity contribution in [3.8, 4) is 0 Å². The summed E-state index contributed by atoms with van der Waals surface area (Å²) in [6, 6.07) is 6.97. The van der Waals surface area contributed by atoms with Gasteiger partial charge in [-0.15, -0.1) is 21.5 Å². The largest absolute Gasteiger partial charge is 0.238 e.